The van der Waals surface area contributed by atoms with Crippen LogP contribution in [0.25, 0.3) is 9.53 Å². The van der Waals surface area contributed by atoms with Crippen LogP contribution >= 0.6 is 22.7 Å². The summed E-state index contributed by atoms with van der Waals surface area (Å²) >= 11 is 2.93. The van der Waals surface area contributed by atoms with Crippen LogP contribution in [0.4, 0.5) is 10.8 Å². The lowest BCUT2D eigenvalue weighted by Crippen LogP contribution is -2.32. The smallest absolute Gasteiger partial charge is 0.261 e. The molecule has 8 heteroatoms. The van der Waals surface area contributed by atoms with Gasteiger partial charge < -0.3 is 15.5 Å². The first-order valence-electron chi connectivity index (χ1n) is 8.39. The predicted molar refractivity (Wildman–Crippen MR) is 108 cm³/mol. The summed E-state index contributed by atoms with van der Waals surface area (Å²) in [5.41, 5.74) is 0.705. The van der Waals surface area contributed by atoms with E-state index in [4.69, 9.17) is 0 Å². The topological polar surface area (TPSA) is 74.3 Å². The maximum absolute atomic E-state index is 12.3. The van der Waals surface area contributed by atoms with E-state index in [1.54, 1.807) is 23.5 Å². The van der Waals surface area contributed by atoms with Gasteiger partial charge in [-0.1, -0.05) is 29.5 Å². The van der Waals surface area contributed by atoms with Crippen LogP contribution in [0.15, 0.2) is 36.4 Å². The summed E-state index contributed by atoms with van der Waals surface area (Å²) in [7, 11) is 0. The van der Waals surface area contributed by atoms with E-state index in [9.17, 15) is 9.59 Å². The molecule has 136 valence electrons. The maximum Gasteiger partial charge on any atom is 0.261 e. The van der Waals surface area contributed by atoms with Crippen molar-refractivity contribution in [3.8, 4) is 0 Å². The third kappa shape index (κ3) is 4.20. The molecule has 0 bridgehead atoms. The number of hydrogen-bond donors (Lipinski definition) is 2. The van der Waals surface area contributed by atoms with Gasteiger partial charge in [0.25, 0.3) is 5.91 Å². The Bertz CT molecular complexity index is 869. The number of carbonyl (C=O) groups is 2. The summed E-state index contributed by atoms with van der Waals surface area (Å²) in [6, 6.07) is 11.0. The zero-order chi connectivity index (χ0) is 18.5. The van der Waals surface area contributed by atoms with Crippen LogP contribution in [0.3, 0.4) is 0 Å². The first-order valence-corrected chi connectivity index (χ1v) is 10.0. The molecule has 6 nitrogen and oxygen atoms in total. The van der Waals surface area contributed by atoms with Crippen LogP contribution in [0.1, 0.15) is 23.5 Å². The molecule has 0 aliphatic rings. The Morgan fingerprint density at radius 3 is 2.50 bits per heavy atom. The van der Waals surface area contributed by atoms with E-state index in [0.29, 0.717) is 10.6 Å². The molecule has 0 aliphatic carbocycles. The summed E-state index contributed by atoms with van der Waals surface area (Å²) in [5, 5.41) is 6.37. The minimum Gasteiger partial charge on any atom is -0.349 e. The number of anilines is 2. The van der Waals surface area contributed by atoms with E-state index in [1.807, 2.05) is 24.3 Å². The Kier molecular flexibility index (Phi) is 5.85. The van der Waals surface area contributed by atoms with E-state index in [2.05, 4.69) is 34.4 Å². The number of thiazole rings is 1. The second kappa shape index (κ2) is 8.29. The van der Waals surface area contributed by atoms with Crippen LogP contribution in [-0.2, 0) is 4.79 Å². The van der Waals surface area contributed by atoms with Crippen LogP contribution in [0, 0.1) is 0 Å². The molecule has 2 heterocycles. The van der Waals surface area contributed by atoms with Crippen molar-refractivity contribution in [2.75, 3.05) is 29.9 Å². The Morgan fingerprint density at radius 2 is 1.85 bits per heavy atom. The molecule has 26 heavy (non-hydrogen) atoms. The summed E-state index contributed by atoms with van der Waals surface area (Å²) in [5.74, 6) is -0.516. The summed E-state index contributed by atoms with van der Waals surface area (Å²) < 4.78 is 0.996. The molecule has 0 saturated heterocycles. The van der Waals surface area contributed by atoms with Gasteiger partial charge in [0.05, 0.1) is 16.1 Å². The van der Waals surface area contributed by atoms with E-state index >= 15 is 0 Å². The monoisotopic (exact) mass is 388 g/mol. The molecule has 2 N–H and O–H groups in total. The highest BCUT2D eigenvalue weighted by molar-refractivity contribution is 7.29. The molecular weight excluding hydrogens is 368 g/mol. The standard InChI is InChI=1S/C18H20N4O2S2/c1-3-22(4-2)18-21-17-14(26-18)10-13(25-17)16(24)19-11-15(23)20-12-8-6-5-7-9-12/h5-10H,3-4,11H2,1-2H3,(H,19,24)(H,20,23). The number of hydrogen-bond acceptors (Lipinski definition) is 6. The molecule has 0 radical (unpaired) electrons. The number of para-hydroxylation sites is 1. The van der Waals surface area contributed by atoms with Crippen molar-refractivity contribution in [1.82, 2.24) is 10.3 Å². The van der Waals surface area contributed by atoms with Crippen molar-refractivity contribution in [3.63, 3.8) is 0 Å². The van der Waals surface area contributed by atoms with Gasteiger partial charge in [-0.25, -0.2) is 4.98 Å². The quantitative estimate of drug-likeness (QED) is 0.649. The van der Waals surface area contributed by atoms with E-state index in [-0.39, 0.29) is 18.4 Å². The lowest BCUT2D eigenvalue weighted by molar-refractivity contribution is -0.115. The fraction of sp³-hybridized carbons (Fsp3) is 0.278. The van der Waals surface area contributed by atoms with Gasteiger partial charge in [-0.15, -0.1) is 11.3 Å². The number of rotatable bonds is 7. The number of fused-ring (bicyclic) bond motifs is 1. The van der Waals surface area contributed by atoms with E-state index in [1.165, 1.54) is 11.3 Å². The highest BCUT2D eigenvalue weighted by atomic mass is 32.1. The SMILES string of the molecule is CCN(CC)c1nc2sc(C(=O)NCC(=O)Nc3ccccc3)cc2s1. The van der Waals surface area contributed by atoms with Crippen LogP contribution in [0.5, 0.6) is 0 Å². The third-order valence-corrected chi connectivity index (χ3v) is 6.02. The number of nitrogens with one attached hydrogen (secondary N) is 2. The van der Waals surface area contributed by atoms with Gasteiger partial charge in [-0.3, -0.25) is 9.59 Å². The summed E-state index contributed by atoms with van der Waals surface area (Å²) in [6.07, 6.45) is 0. The fourth-order valence-corrected chi connectivity index (χ4v) is 4.69. The lowest BCUT2D eigenvalue weighted by Gasteiger charge is -2.16. The molecule has 0 fully saturated rings. The average molecular weight is 389 g/mol. The van der Waals surface area contributed by atoms with Crippen molar-refractivity contribution in [2.24, 2.45) is 0 Å². The summed E-state index contributed by atoms with van der Waals surface area (Å²) in [4.78, 5) is 32.4. The van der Waals surface area contributed by atoms with Crippen LogP contribution in [-0.4, -0.2) is 36.4 Å². The predicted octanol–water partition coefficient (Wildman–Crippen LogP) is 3.57. The number of amides is 2. The Hall–Kier alpha value is -2.45. The van der Waals surface area contributed by atoms with Crippen LogP contribution < -0.4 is 15.5 Å². The third-order valence-electron chi connectivity index (χ3n) is 3.80. The lowest BCUT2D eigenvalue weighted by atomic mass is 10.3. The highest BCUT2D eigenvalue weighted by Gasteiger charge is 2.16. The van der Waals surface area contributed by atoms with Crippen molar-refractivity contribution in [3.05, 3.63) is 41.3 Å². The van der Waals surface area contributed by atoms with Gasteiger partial charge in [0.2, 0.25) is 5.91 Å². The molecular formula is C18H20N4O2S2. The zero-order valence-corrected chi connectivity index (χ0v) is 16.2. The second-order valence-corrected chi connectivity index (χ2v) is 7.59. The molecule has 0 atom stereocenters. The molecule has 0 unspecified atom stereocenters. The highest BCUT2D eigenvalue weighted by Crippen LogP contribution is 2.34. The van der Waals surface area contributed by atoms with Crippen molar-refractivity contribution in [1.29, 1.82) is 0 Å². The molecule has 2 amide bonds. The van der Waals surface area contributed by atoms with Crippen molar-refractivity contribution < 1.29 is 9.59 Å². The Labute approximate surface area is 159 Å². The minimum absolute atomic E-state index is 0.0720. The molecule has 2 aromatic heterocycles. The van der Waals surface area contributed by atoms with Gasteiger partial charge >= 0.3 is 0 Å². The largest absolute Gasteiger partial charge is 0.349 e. The Balaban J connectivity index is 1.59. The first kappa shape index (κ1) is 18.3. The number of thiophene rings is 1. The molecule has 1 aromatic carbocycles. The number of aromatic nitrogens is 1. The summed E-state index contributed by atoms with van der Waals surface area (Å²) in [6.45, 7) is 5.93. The molecule has 3 aromatic rings. The maximum atomic E-state index is 12.3. The van der Waals surface area contributed by atoms with Crippen molar-refractivity contribution in [2.45, 2.75) is 13.8 Å². The number of nitrogens with zero attached hydrogens (tertiary/aromatic N) is 2. The second-order valence-electron chi connectivity index (χ2n) is 5.55. The average Bonchev–Trinajstić information content (AvgIpc) is 3.21. The molecule has 0 aliphatic heterocycles. The minimum atomic E-state index is -0.259. The van der Waals surface area contributed by atoms with Crippen molar-refractivity contribution >= 4 is 54.8 Å². The first-order chi connectivity index (χ1) is 12.6. The Morgan fingerprint density at radius 1 is 1.12 bits per heavy atom. The molecule has 0 saturated carbocycles. The van der Waals surface area contributed by atoms with Gasteiger partial charge in [0.15, 0.2) is 5.13 Å². The van der Waals surface area contributed by atoms with E-state index in [0.717, 1.165) is 27.8 Å². The fourth-order valence-electron chi connectivity index (χ4n) is 2.44. The molecule has 3 rings (SSSR count). The van der Waals surface area contributed by atoms with E-state index < -0.39 is 0 Å². The number of carbonyl (C=O) groups excluding carboxylic acids is 2. The number of benzene rings is 1. The molecule has 0 spiro atoms. The van der Waals surface area contributed by atoms with Gasteiger partial charge in [0, 0.05) is 18.8 Å². The van der Waals surface area contributed by atoms with Gasteiger partial charge in [-0.05, 0) is 32.0 Å². The normalized spacial score (nSPS) is 10.7. The zero-order valence-electron chi connectivity index (χ0n) is 14.6. The van der Waals surface area contributed by atoms with Gasteiger partial charge in [0.1, 0.15) is 4.83 Å². The van der Waals surface area contributed by atoms with Crippen LogP contribution in [0.2, 0.25) is 0 Å². The van der Waals surface area contributed by atoms with Gasteiger partial charge in [-0.2, -0.15) is 0 Å².